The lowest BCUT2D eigenvalue weighted by Gasteiger charge is -2.35. The molecule has 4 heteroatoms. The van der Waals surface area contributed by atoms with Crippen LogP contribution >= 0.6 is 0 Å². The van der Waals surface area contributed by atoms with Crippen molar-refractivity contribution >= 4 is 0 Å². The van der Waals surface area contributed by atoms with Gasteiger partial charge in [-0.15, -0.1) is 0 Å². The Balaban J connectivity index is 1.66. The minimum atomic E-state index is 0.490. The first kappa shape index (κ1) is 12.0. The number of aryl methyl sites for hydroxylation is 1. The molecule has 0 unspecified atom stereocenters. The molecule has 0 aromatic carbocycles. The zero-order valence-electron chi connectivity index (χ0n) is 11.7. The average Bonchev–Trinajstić information content (AvgIpc) is 2.74. The molecule has 2 atom stereocenters. The van der Waals surface area contributed by atoms with Crippen molar-refractivity contribution in [1.29, 1.82) is 0 Å². The summed E-state index contributed by atoms with van der Waals surface area (Å²) < 4.78 is 0. The van der Waals surface area contributed by atoms with Crippen molar-refractivity contribution in [3.63, 3.8) is 0 Å². The monoisotopic (exact) mass is 266 g/mol. The molecule has 2 aliphatic heterocycles. The van der Waals surface area contributed by atoms with Crippen LogP contribution in [-0.4, -0.2) is 25.9 Å². The van der Waals surface area contributed by atoms with Gasteiger partial charge < -0.3 is 0 Å². The van der Waals surface area contributed by atoms with Gasteiger partial charge in [0, 0.05) is 49.2 Å². The highest BCUT2D eigenvalue weighted by molar-refractivity contribution is 5.29. The van der Waals surface area contributed by atoms with E-state index in [1.54, 1.807) is 0 Å². The highest BCUT2D eigenvalue weighted by atomic mass is 15.2. The molecule has 1 saturated heterocycles. The highest BCUT2D eigenvalue weighted by Gasteiger charge is 2.40. The van der Waals surface area contributed by atoms with E-state index in [1.807, 2.05) is 31.6 Å². The third kappa shape index (κ3) is 1.91. The summed E-state index contributed by atoms with van der Waals surface area (Å²) in [6, 6.07) is 5.29. The molecule has 0 amide bonds. The van der Waals surface area contributed by atoms with E-state index in [-0.39, 0.29) is 0 Å². The molecule has 2 bridgehead atoms. The van der Waals surface area contributed by atoms with Gasteiger partial charge >= 0.3 is 0 Å². The van der Waals surface area contributed by atoms with Crippen LogP contribution in [0.4, 0.5) is 0 Å². The lowest BCUT2D eigenvalue weighted by atomic mass is 9.98. The number of fused-ring (bicyclic) bond motifs is 4. The van der Waals surface area contributed by atoms with Crippen molar-refractivity contribution in [2.75, 3.05) is 0 Å². The number of aromatic nitrogens is 3. The Bertz CT molecular complexity index is 626. The van der Waals surface area contributed by atoms with Crippen LogP contribution in [0.15, 0.2) is 30.7 Å². The molecule has 2 aromatic rings. The summed E-state index contributed by atoms with van der Waals surface area (Å²) in [5.41, 5.74) is 3.90. The topological polar surface area (TPSA) is 41.9 Å². The van der Waals surface area contributed by atoms with Crippen LogP contribution in [0, 0.1) is 6.92 Å². The second kappa shape index (κ2) is 4.63. The summed E-state index contributed by atoms with van der Waals surface area (Å²) in [4.78, 5) is 15.9. The second-order valence-corrected chi connectivity index (χ2v) is 5.80. The molecule has 0 saturated carbocycles. The summed E-state index contributed by atoms with van der Waals surface area (Å²) in [6.07, 6.45) is 9.40. The van der Waals surface area contributed by atoms with E-state index < -0.39 is 0 Å². The largest absolute Gasteiger partial charge is 0.289 e. The Morgan fingerprint density at radius 3 is 3.10 bits per heavy atom. The molecule has 2 aliphatic rings. The van der Waals surface area contributed by atoms with Gasteiger partial charge in [0.25, 0.3) is 0 Å². The molecule has 4 heterocycles. The Hall–Kier alpha value is -1.81. The smallest absolute Gasteiger partial charge is 0.125 e. The van der Waals surface area contributed by atoms with Gasteiger partial charge in [-0.05, 0) is 31.4 Å². The number of pyridine rings is 1. The quantitative estimate of drug-likeness (QED) is 0.837. The number of hydrogen-bond acceptors (Lipinski definition) is 4. The van der Waals surface area contributed by atoms with Gasteiger partial charge in [-0.25, -0.2) is 9.97 Å². The van der Waals surface area contributed by atoms with Gasteiger partial charge in [-0.1, -0.05) is 6.07 Å². The van der Waals surface area contributed by atoms with Gasteiger partial charge in [-0.2, -0.15) is 0 Å². The van der Waals surface area contributed by atoms with Gasteiger partial charge in [0.2, 0.25) is 0 Å². The highest BCUT2D eigenvalue weighted by Crippen LogP contribution is 2.43. The number of rotatable bonds is 2. The van der Waals surface area contributed by atoms with Gasteiger partial charge in [-0.3, -0.25) is 9.88 Å². The normalized spacial score (nSPS) is 24.6. The van der Waals surface area contributed by atoms with Crippen LogP contribution in [0.25, 0.3) is 0 Å². The second-order valence-electron chi connectivity index (χ2n) is 5.80. The van der Waals surface area contributed by atoms with Crippen molar-refractivity contribution in [3.05, 3.63) is 53.4 Å². The van der Waals surface area contributed by atoms with Crippen molar-refractivity contribution in [1.82, 2.24) is 19.9 Å². The molecule has 1 fully saturated rings. The number of nitrogens with zero attached hydrogens (tertiary/aromatic N) is 4. The average molecular weight is 266 g/mol. The van der Waals surface area contributed by atoms with Crippen molar-refractivity contribution in [3.8, 4) is 0 Å². The fraction of sp³-hybridized carbons (Fsp3) is 0.438. The number of hydrogen-bond donors (Lipinski definition) is 0. The van der Waals surface area contributed by atoms with E-state index in [1.165, 1.54) is 29.7 Å². The third-order valence-corrected chi connectivity index (χ3v) is 4.54. The van der Waals surface area contributed by atoms with Crippen LogP contribution in [0.3, 0.4) is 0 Å². The van der Waals surface area contributed by atoms with Gasteiger partial charge in [0.1, 0.15) is 5.82 Å². The van der Waals surface area contributed by atoms with Crippen LogP contribution in [0.2, 0.25) is 0 Å². The fourth-order valence-electron chi connectivity index (χ4n) is 3.62. The Labute approximate surface area is 118 Å². The zero-order valence-corrected chi connectivity index (χ0v) is 11.7. The predicted octanol–water partition coefficient (Wildman–Crippen LogP) is 2.44. The minimum absolute atomic E-state index is 0.490. The van der Waals surface area contributed by atoms with Gasteiger partial charge in [0.15, 0.2) is 0 Å². The molecule has 4 nitrogen and oxygen atoms in total. The molecule has 2 aromatic heterocycles. The molecule has 0 aliphatic carbocycles. The summed E-state index contributed by atoms with van der Waals surface area (Å²) in [5, 5.41) is 0. The summed E-state index contributed by atoms with van der Waals surface area (Å²) in [5.74, 6) is 0.892. The van der Waals surface area contributed by atoms with Crippen LogP contribution in [0.1, 0.15) is 41.5 Å². The molecule has 0 N–H and O–H groups in total. The summed E-state index contributed by atoms with van der Waals surface area (Å²) in [6.45, 7) is 2.96. The Morgan fingerprint density at radius 1 is 1.30 bits per heavy atom. The van der Waals surface area contributed by atoms with E-state index in [4.69, 9.17) is 0 Å². The molecular weight excluding hydrogens is 248 g/mol. The summed E-state index contributed by atoms with van der Waals surface area (Å²) in [7, 11) is 0. The third-order valence-electron chi connectivity index (χ3n) is 4.54. The maximum absolute atomic E-state index is 4.65. The van der Waals surface area contributed by atoms with Crippen LogP contribution in [0.5, 0.6) is 0 Å². The standard InChI is InChI=1S/C16H18N4/c1-11-18-9-14-15(19-11)7-13-4-5-16(14)20(13)10-12-3-2-6-17-8-12/h2-3,6,8-9,13,16H,4-5,7,10H2,1H3/t13-,16+/m0/s1. The molecule has 102 valence electrons. The van der Waals surface area contributed by atoms with Crippen LogP contribution < -0.4 is 0 Å². The molecule has 0 radical (unpaired) electrons. The molecule has 4 rings (SSSR count). The minimum Gasteiger partial charge on any atom is -0.289 e. The van der Waals surface area contributed by atoms with E-state index >= 15 is 0 Å². The SMILES string of the molecule is Cc1ncc2c(n1)C[C@@H]1CC[C@H]2N1Cc1cccnc1. The lowest BCUT2D eigenvalue weighted by Crippen LogP contribution is -2.37. The van der Waals surface area contributed by atoms with E-state index in [9.17, 15) is 0 Å². The predicted molar refractivity (Wildman–Crippen MR) is 76.0 cm³/mol. The van der Waals surface area contributed by atoms with E-state index in [0.717, 1.165) is 18.8 Å². The van der Waals surface area contributed by atoms with Crippen LogP contribution in [-0.2, 0) is 13.0 Å². The van der Waals surface area contributed by atoms with E-state index in [2.05, 4.69) is 25.9 Å². The van der Waals surface area contributed by atoms with Crippen molar-refractivity contribution in [2.24, 2.45) is 0 Å². The molecule has 20 heavy (non-hydrogen) atoms. The van der Waals surface area contributed by atoms with E-state index in [0.29, 0.717) is 12.1 Å². The van der Waals surface area contributed by atoms with Crippen molar-refractivity contribution < 1.29 is 0 Å². The first-order valence-electron chi connectivity index (χ1n) is 7.28. The maximum Gasteiger partial charge on any atom is 0.125 e. The van der Waals surface area contributed by atoms with Crippen molar-refractivity contribution in [2.45, 2.75) is 44.8 Å². The molecule has 0 spiro atoms. The first-order chi connectivity index (χ1) is 9.81. The zero-order chi connectivity index (χ0) is 13.5. The molecular formula is C16H18N4. The Kier molecular flexibility index (Phi) is 2.77. The fourth-order valence-corrected chi connectivity index (χ4v) is 3.62. The Morgan fingerprint density at radius 2 is 2.25 bits per heavy atom. The first-order valence-corrected chi connectivity index (χ1v) is 7.28. The lowest BCUT2D eigenvalue weighted by molar-refractivity contribution is 0.166. The van der Waals surface area contributed by atoms with Gasteiger partial charge in [0.05, 0.1) is 5.69 Å². The summed E-state index contributed by atoms with van der Waals surface area (Å²) >= 11 is 0. The maximum atomic E-state index is 4.65.